The van der Waals surface area contributed by atoms with Gasteiger partial charge in [0.1, 0.15) is 36.0 Å². The Morgan fingerprint density at radius 2 is 2.08 bits per heavy atom. The Morgan fingerprint density at radius 1 is 1.25 bits per heavy atom. The zero-order chi connectivity index (χ0) is 25.1. The number of aliphatic hydroxyl groups excluding tert-OH is 1. The number of hydrogen-bond acceptors (Lipinski definition) is 7. The van der Waals surface area contributed by atoms with Crippen molar-refractivity contribution in [1.29, 1.82) is 0 Å². The maximum atomic E-state index is 13.8. The van der Waals surface area contributed by atoms with E-state index in [1.54, 1.807) is 24.2 Å². The summed E-state index contributed by atoms with van der Waals surface area (Å²) in [5.74, 6) is 1.68. The second-order valence-corrected chi connectivity index (χ2v) is 10.5. The summed E-state index contributed by atoms with van der Waals surface area (Å²) in [7, 11) is 1.63. The van der Waals surface area contributed by atoms with E-state index in [0.717, 1.165) is 36.1 Å². The lowest BCUT2D eigenvalue weighted by molar-refractivity contribution is -0.142. The molecule has 0 amide bonds. The number of amidine groups is 1. The summed E-state index contributed by atoms with van der Waals surface area (Å²) >= 11 is 3.46. The fourth-order valence-corrected chi connectivity index (χ4v) is 5.82. The van der Waals surface area contributed by atoms with Crippen molar-refractivity contribution in [3.05, 3.63) is 75.5 Å². The van der Waals surface area contributed by atoms with Crippen LogP contribution in [0.2, 0.25) is 0 Å². The van der Waals surface area contributed by atoms with Gasteiger partial charge in [0, 0.05) is 16.6 Å². The Hall–Kier alpha value is -3.24. The van der Waals surface area contributed by atoms with E-state index in [-0.39, 0.29) is 17.8 Å². The average Bonchev–Trinajstić information content (AvgIpc) is 3.28. The Kier molecular flexibility index (Phi) is 5.42. The van der Waals surface area contributed by atoms with E-state index in [1.165, 1.54) is 12.1 Å². The summed E-state index contributed by atoms with van der Waals surface area (Å²) < 4.78 is 21.7. The number of rotatable bonds is 5. The highest BCUT2D eigenvalue weighted by atomic mass is 79.9. The van der Waals surface area contributed by atoms with Crippen LogP contribution in [0.5, 0.6) is 5.75 Å². The van der Waals surface area contributed by atoms with Gasteiger partial charge in [0.15, 0.2) is 5.84 Å². The normalized spacial score (nSPS) is 23.0. The zero-order valence-corrected chi connectivity index (χ0v) is 21.5. The first-order valence-electron chi connectivity index (χ1n) is 11.7. The van der Waals surface area contributed by atoms with Gasteiger partial charge in [-0.05, 0) is 79.1 Å². The van der Waals surface area contributed by atoms with E-state index < -0.39 is 5.72 Å². The number of aliphatic hydroxyl groups is 1. The molecule has 2 fully saturated rings. The molecule has 3 aliphatic rings. The lowest BCUT2D eigenvalue weighted by Gasteiger charge is -2.42. The van der Waals surface area contributed by atoms with E-state index in [2.05, 4.69) is 37.2 Å². The first kappa shape index (κ1) is 23.2. The third-order valence-electron chi connectivity index (χ3n) is 7.24. The van der Waals surface area contributed by atoms with Gasteiger partial charge in [-0.2, -0.15) is 5.10 Å². The molecule has 1 aromatic heterocycles. The van der Waals surface area contributed by atoms with Crippen molar-refractivity contribution in [1.82, 2.24) is 19.7 Å². The van der Waals surface area contributed by atoms with Crippen LogP contribution in [0.1, 0.15) is 36.2 Å². The fourth-order valence-electron chi connectivity index (χ4n) is 5.16. The summed E-state index contributed by atoms with van der Waals surface area (Å²) in [6.45, 7) is 2.22. The van der Waals surface area contributed by atoms with E-state index in [0.29, 0.717) is 34.0 Å². The summed E-state index contributed by atoms with van der Waals surface area (Å²) in [5.41, 5.74) is 2.30. The molecule has 186 valence electrons. The quantitative estimate of drug-likeness (QED) is 0.499. The highest BCUT2D eigenvalue weighted by molar-refractivity contribution is 9.10. The van der Waals surface area contributed by atoms with Crippen LogP contribution in [0.25, 0.3) is 11.8 Å². The average molecular weight is 554 g/mol. The minimum absolute atomic E-state index is 0.105. The standard InChI is InChI=1S/C26H25BrFN5O3/c1-16-29-15-33(30-16)22-6-3-17(10-23(22)35-2)9-18-12-25(7-8-25)13-32-24(18)31-36-26(32,14-34)20-5-4-19(28)11-21(20)27/h3-6,9-11,15,34H,7-8,12-14H2,1-2H3/b18-9+. The molecule has 10 heteroatoms. The van der Waals surface area contributed by atoms with Crippen LogP contribution in [0.15, 0.2) is 57.9 Å². The molecule has 0 bridgehead atoms. The monoisotopic (exact) mass is 553 g/mol. The third kappa shape index (κ3) is 3.70. The Morgan fingerprint density at radius 3 is 2.75 bits per heavy atom. The molecule has 1 saturated carbocycles. The number of hydrogen-bond donors (Lipinski definition) is 1. The number of fused-ring (bicyclic) bond motifs is 1. The van der Waals surface area contributed by atoms with E-state index in [4.69, 9.17) is 9.57 Å². The minimum atomic E-state index is -1.22. The Bertz CT molecular complexity index is 1420. The fraction of sp³-hybridized carbons (Fsp3) is 0.346. The van der Waals surface area contributed by atoms with E-state index in [9.17, 15) is 9.50 Å². The van der Waals surface area contributed by atoms with Crippen LogP contribution < -0.4 is 4.74 Å². The number of methoxy groups -OCH3 is 1. The predicted molar refractivity (Wildman–Crippen MR) is 135 cm³/mol. The number of halogens is 2. The van der Waals surface area contributed by atoms with Gasteiger partial charge in [-0.15, -0.1) is 0 Å². The topological polar surface area (TPSA) is 85.0 Å². The molecule has 1 unspecified atom stereocenters. The van der Waals surface area contributed by atoms with Crippen LogP contribution >= 0.6 is 15.9 Å². The van der Waals surface area contributed by atoms with Crippen molar-refractivity contribution >= 4 is 27.8 Å². The first-order chi connectivity index (χ1) is 17.4. The van der Waals surface area contributed by atoms with Gasteiger partial charge in [0.25, 0.3) is 5.72 Å². The molecule has 1 spiro atoms. The van der Waals surface area contributed by atoms with E-state index >= 15 is 0 Å². The molecule has 1 N–H and O–H groups in total. The number of benzene rings is 2. The molecule has 0 radical (unpaired) electrons. The number of aromatic nitrogens is 3. The molecular weight excluding hydrogens is 529 g/mol. The third-order valence-corrected chi connectivity index (χ3v) is 7.90. The lowest BCUT2D eigenvalue weighted by Crippen LogP contribution is -2.54. The highest BCUT2D eigenvalue weighted by Crippen LogP contribution is 2.57. The van der Waals surface area contributed by atoms with Gasteiger partial charge < -0.3 is 19.6 Å². The molecule has 1 saturated heterocycles. The smallest absolute Gasteiger partial charge is 0.261 e. The Labute approximate surface area is 216 Å². The number of oxime groups is 1. The molecule has 3 aromatic rings. The maximum absolute atomic E-state index is 13.8. The minimum Gasteiger partial charge on any atom is -0.494 e. The molecule has 8 nitrogen and oxygen atoms in total. The zero-order valence-electron chi connectivity index (χ0n) is 19.9. The summed E-state index contributed by atoms with van der Waals surface area (Å²) in [6, 6.07) is 10.3. The van der Waals surface area contributed by atoms with Crippen LogP contribution in [0, 0.1) is 18.2 Å². The Balaban J connectivity index is 1.39. The molecule has 1 aliphatic carbocycles. The molecule has 36 heavy (non-hydrogen) atoms. The SMILES string of the molecule is COc1cc(/C=C2\CC3(CC3)CN3C2=NOC3(CO)c2ccc(F)cc2Br)ccc1-n1cnc(C)n1. The molecule has 2 aliphatic heterocycles. The van der Waals surface area contributed by atoms with E-state index in [1.807, 2.05) is 30.0 Å². The van der Waals surface area contributed by atoms with Crippen LogP contribution in [-0.4, -0.2) is 50.9 Å². The van der Waals surface area contributed by atoms with Crippen molar-refractivity contribution in [3.63, 3.8) is 0 Å². The second-order valence-electron chi connectivity index (χ2n) is 9.67. The highest BCUT2D eigenvalue weighted by Gasteiger charge is 2.58. The van der Waals surface area contributed by atoms with Crippen molar-refractivity contribution < 1.29 is 19.1 Å². The van der Waals surface area contributed by atoms with Gasteiger partial charge in [-0.3, -0.25) is 0 Å². The summed E-state index contributed by atoms with van der Waals surface area (Å²) in [5, 5.41) is 19.4. The largest absolute Gasteiger partial charge is 0.494 e. The molecule has 1 atom stereocenters. The van der Waals surface area contributed by atoms with Crippen LogP contribution in [0.3, 0.4) is 0 Å². The van der Waals surface area contributed by atoms with Crippen LogP contribution in [0.4, 0.5) is 4.39 Å². The summed E-state index contributed by atoms with van der Waals surface area (Å²) in [4.78, 5) is 12.2. The number of aryl methyl sites for hydroxylation is 1. The van der Waals surface area contributed by atoms with Gasteiger partial charge in [0.2, 0.25) is 0 Å². The molecule has 3 heterocycles. The second kappa shape index (κ2) is 8.41. The lowest BCUT2D eigenvalue weighted by atomic mass is 9.86. The molecule has 2 aromatic carbocycles. The predicted octanol–water partition coefficient (Wildman–Crippen LogP) is 4.54. The van der Waals surface area contributed by atoms with Crippen molar-refractivity contribution in [3.8, 4) is 11.4 Å². The van der Waals surface area contributed by atoms with Crippen molar-refractivity contribution in [2.45, 2.75) is 31.9 Å². The van der Waals surface area contributed by atoms with Gasteiger partial charge >= 0.3 is 0 Å². The van der Waals surface area contributed by atoms with Crippen molar-refractivity contribution in [2.24, 2.45) is 10.6 Å². The summed E-state index contributed by atoms with van der Waals surface area (Å²) in [6.07, 6.45) is 6.81. The molecular formula is C26H25BrFN5O3. The number of piperidine rings is 1. The first-order valence-corrected chi connectivity index (χ1v) is 12.5. The maximum Gasteiger partial charge on any atom is 0.261 e. The van der Waals surface area contributed by atoms with Crippen LogP contribution in [-0.2, 0) is 10.6 Å². The number of ether oxygens (including phenoxy) is 1. The van der Waals surface area contributed by atoms with Gasteiger partial charge in [0.05, 0.1) is 7.11 Å². The number of nitrogens with zero attached hydrogens (tertiary/aromatic N) is 5. The van der Waals surface area contributed by atoms with Crippen molar-refractivity contribution in [2.75, 3.05) is 20.3 Å². The van der Waals surface area contributed by atoms with Gasteiger partial charge in [-0.1, -0.05) is 27.2 Å². The molecule has 6 rings (SSSR count). The van der Waals surface area contributed by atoms with Gasteiger partial charge in [-0.25, -0.2) is 14.1 Å².